The first-order valence-electron chi connectivity index (χ1n) is 10.7. The molecule has 5 N–H and O–H groups in total. The zero-order chi connectivity index (χ0) is 26.0. The van der Waals surface area contributed by atoms with Gasteiger partial charge in [0.25, 0.3) is 0 Å². The number of nitrogens with two attached hydrogens (primary N) is 1. The first kappa shape index (κ1) is 26.8. The van der Waals surface area contributed by atoms with Gasteiger partial charge in [0.15, 0.2) is 0 Å². The minimum Gasteiger partial charge on any atom is -0.481 e. The zero-order valence-electron chi connectivity index (χ0n) is 19.4. The lowest BCUT2D eigenvalue weighted by Gasteiger charge is -2.16. The van der Waals surface area contributed by atoms with E-state index in [-0.39, 0.29) is 36.4 Å². The highest BCUT2D eigenvalue weighted by Crippen LogP contribution is 2.16. The van der Waals surface area contributed by atoms with Gasteiger partial charge in [0, 0.05) is 17.6 Å². The van der Waals surface area contributed by atoms with E-state index >= 15 is 0 Å². The lowest BCUT2D eigenvalue weighted by Crippen LogP contribution is -2.42. The van der Waals surface area contributed by atoms with Gasteiger partial charge in [-0.1, -0.05) is 12.1 Å². The van der Waals surface area contributed by atoms with Crippen LogP contribution in [0.3, 0.4) is 0 Å². The highest BCUT2D eigenvalue weighted by molar-refractivity contribution is 5.99. The number of rotatable bonds is 11. The van der Waals surface area contributed by atoms with Gasteiger partial charge in [-0.2, -0.15) is 0 Å². The number of amidine groups is 1. The number of carboxylic acids is 1. The van der Waals surface area contributed by atoms with Gasteiger partial charge in [0.05, 0.1) is 12.2 Å². The number of nitrogen functional groups attached to an aromatic ring is 1. The lowest BCUT2D eigenvalue weighted by molar-refractivity contribution is -0.147. The first-order chi connectivity index (χ1) is 16.6. The molecule has 0 radical (unpaired) electrons. The summed E-state index contributed by atoms with van der Waals surface area (Å²) >= 11 is 0. The molecule has 10 heteroatoms. The van der Waals surface area contributed by atoms with Crippen LogP contribution in [0.4, 0.5) is 0 Å². The van der Waals surface area contributed by atoms with Crippen molar-refractivity contribution in [2.45, 2.75) is 32.7 Å². The summed E-state index contributed by atoms with van der Waals surface area (Å²) in [5.41, 5.74) is 7.10. The van der Waals surface area contributed by atoms with Crippen LogP contribution in [-0.4, -0.2) is 47.4 Å². The van der Waals surface area contributed by atoms with Crippen LogP contribution in [0.25, 0.3) is 6.08 Å². The van der Waals surface area contributed by atoms with Crippen LogP contribution in [0.1, 0.15) is 48.2 Å². The Kier molecular flexibility index (Phi) is 9.71. The third-order valence-electron chi connectivity index (χ3n) is 4.79. The number of ether oxygens (including phenoxy) is 2. The number of nitrogens with one attached hydrogen (secondary N) is 2. The third-order valence-corrected chi connectivity index (χ3v) is 4.79. The van der Waals surface area contributed by atoms with Gasteiger partial charge in [0.2, 0.25) is 5.91 Å². The van der Waals surface area contributed by atoms with E-state index in [4.69, 9.17) is 25.7 Å². The predicted octanol–water partition coefficient (Wildman–Crippen LogP) is 2.51. The second-order valence-corrected chi connectivity index (χ2v) is 7.49. The van der Waals surface area contributed by atoms with Crippen molar-refractivity contribution in [1.29, 1.82) is 5.41 Å². The maximum absolute atomic E-state index is 12.5. The maximum atomic E-state index is 12.5. The fourth-order valence-electron chi connectivity index (χ4n) is 2.93. The Morgan fingerprint density at radius 1 is 1.06 bits per heavy atom. The average Bonchev–Trinajstić information content (AvgIpc) is 2.82. The van der Waals surface area contributed by atoms with Gasteiger partial charge >= 0.3 is 17.9 Å². The van der Waals surface area contributed by atoms with E-state index < -0.39 is 29.9 Å². The predicted molar refractivity (Wildman–Crippen MR) is 128 cm³/mol. The molecule has 0 bridgehead atoms. The summed E-state index contributed by atoms with van der Waals surface area (Å²) in [4.78, 5) is 47.8. The van der Waals surface area contributed by atoms with E-state index in [1.807, 2.05) is 0 Å². The molecule has 1 amide bonds. The molecule has 0 saturated carbocycles. The van der Waals surface area contributed by atoms with E-state index in [1.54, 1.807) is 44.2 Å². The van der Waals surface area contributed by atoms with E-state index in [0.29, 0.717) is 16.9 Å². The number of amides is 1. The fourth-order valence-corrected chi connectivity index (χ4v) is 2.93. The minimum absolute atomic E-state index is 0.0906. The molecule has 184 valence electrons. The third kappa shape index (κ3) is 8.43. The van der Waals surface area contributed by atoms with Crippen molar-refractivity contribution in [2.24, 2.45) is 5.73 Å². The molecule has 0 unspecified atom stereocenters. The van der Waals surface area contributed by atoms with E-state index in [0.717, 1.165) is 0 Å². The van der Waals surface area contributed by atoms with Crippen LogP contribution in [0.15, 0.2) is 54.1 Å². The van der Waals surface area contributed by atoms with Crippen molar-refractivity contribution < 1.29 is 33.8 Å². The lowest BCUT2D eigenvalue weighted by atomic mass is 10.1. The molecule has 0 aliphatic heterocycles. The van der Waals surface area contributed by atoms with Gasteiger partial charge in [-0.05, 0) is 68.3 Å². The number of esters is 2. The highest BCUT2D eigenvalue weighted by atomic mass is 16.5. The van der Waals surface area contributed by atoms with E-state index in [2.05, 4.69) is 5.32 Å². The summed E-state index contributed by atoms with van der Waals surface area (Å²) in [6.07, 6.45) is 1.16. The van der Waals surface area contributed by atoms with Crippen molar-refractivity contribution in [1.82, 2.24) is 5.32 Å². The Bertz CT molecular complexity index is 1120. The number of aliphatic carboxylic acids is 1. The quantitative estimate of drug-likeness (QED) is 0.125. The zero-order valence-corrected chi connectivity index (χ0v) is 19.4. The largest absolute Gasteiger partial charge is 0.481 e. The normalized spacial score (nSPS) is 11.8. The van der Waals surface area contributed by atoms with Gasteiger partial charge in [-0.25, -0.2) is 9.59 Å². The molecule has 2 aromatic rings. The molecule has 0 spiro atoms. The summed E-state index contributed by atoms with van der Waals surface area (Å²) in [6, 6.07) is 11.5. The maximum Gasteiger partial charge on any atom is 0.343 e. The molecular formula is C25H27N3O7. The van der Waals surface area contributed by atoms with Gasteiger partial charge in [-0.15, -0.1) is 0 Å². The van der Waals surface area contributed by atoms with Gasteiger partial charge < -0.3 is 25.6 Å². The van der Waals surface area contributed by atoms with Crippen LogP contribution in [0, 0.1) is 5.41 Å². The Morgan fingerprint density at radius 3 is 2.20 bits per heavy atom. The molecule has 0 saturated heterocycles. The van der Waals surface area contributed by atoms with Crippen LogP contribution < -0.4 is 15.8 Å². The minimum atomic E-state index is -1.09. The van der Waals surface area contributed by atoms with Crippen LogP contribution in [0.2, 0.25) is 0 Å². The van der Waals surface area contributed by atoms with E-state index in [9.17, 15) is 19.2 Å². The molecule has 2 aromatic carbocycles. The van der Waals surface area contributed by atoms with Crippen LogP contribution in [-0.2, 0) is 19.1 Å². The second kappa shape index (κ2) is 12.7. The van der Waals surface area contributed by atoms with Crippen LogP contribution >= 0.6 is 0 Å². The molecule has 0 fully saturated rings. The summed E-state index contributed by atoms with van der Waals surface area (Å²) in [6.45, 7) is 3.26. The Morgan fingerprint density at radius 2 is 1.66 bits per heavy atom. The number of hydrogen-bond donors (Lipinski definition) is 4. The SMILES string of the molecule is CCOC(=O)[C@H](CCC(=O)O)NC(=O)C(C)=Cc1ccc(C(=O)Oc2ccc(C(=N)N)cc2)cc1. The van der Waals surface area contributed by atoms with Crippen LogP contribution in [0.5, 0.6) is 5.75 Å². The molecule has 0 aliphatic carbocycles. The number of carbonyl (C=O) groups is 4. The van der Waals surface area contributed by atoms with Crippen molar-refractivity contribution in [2.75, 3.05) is 6.61 Å². The molecule has 10 nitrogen and oxygen atoms in total. The first-order valence-corrected chi connectivity index (χ1v) is 10.7. The van der Waals surface area contributed by atoms with Crippen molar-refractivity contribution in [3.8, 4) is 5.75 Å². The molecule has 35 heavy (non-hydrogen) atoms. The molecule has 0 aromatic heterocycles. The Labute approximate surface area is 202 Å². The molecule has 0 heterocycles. The smallest absolute Gasteiger partial charge is 0.343 e. The number of carboxylic acid groups (broad SMARTS) is 1. The second-order valence-electron chi connectivity index (χ2n) is 7.49. The van der Waals surface area contributed by atoms with E-state index in [1.165, 1.54) is 24.3 Å². The standard InChI is InChI=1S/C25H27N3O7/c1-3-34-25(33)20(12-13-21(29)30)28-23(31)15(2)14-16-4-6-18(7-5-16)24(32)35-19-10-8-17(9-11-19)22(26)27/h4-11,14,20H,3,12-13H2,1-2H3,(H3,26,27)(H,28,31)(H,29,30)/t20-/m0/s1. The van der Waals surface area contributed by atoms with Gasteiger partial charge in [-0.3, -0.25) is 15.0 Å². The number of hydrogen-bond acceptors (Lipinski definition) is 7. The van der Waals surface area contributed by atoms with Gasteiger partial charge in [0.1, 0.15) is 17.6 Å². The molecular weight excluding hydrogens is 454 g/mol. The van der Waals surface area contributed by atoms with Crippen molar-refractivity contribution >= 4 is 35.7 Å². The number of benzene rings is 2. The number of carbonyl (C=O) groups excluding carboxylic acids is 3. The summed E-state index contributed by atoms with van der Waals surface area (Å²) in [5.74, 6) is -2.71. The Balaban J connectivity index is 2.03. The van der Waals surface area contributed by atoms with Crippen molar-refractivity contribution in [3.63, 3.8) is 0 Å². The summed E-state index contributed by atoms with van der Waals surface area (Å²) in [7, 11) is 0. The summed E-state index contributed by atoms with van der Waals surface area (Å²) < 4.78 is 10.2. The fraction of sp³-hybridized carbons (Fsp3) is 0.240. The average molecular weight is 482 g/mol. The molecule has 2 rings (SSSR count). The van der Waals surface area contributed by atoms with Crippen molar-refractivity contribution in [3.05, 3.63) is 70.8 Å². The monoisotopic (exact) mass is 481 g/mol. The molecule has 0 aliphatic rings. The summed E-state index contributed by atoms with van der Waals surface area (Å²) in [5, 5.41) is 18.7. The Hall–Kier alpha value is -4.47. The topological polar surface area (TPSA) is 169 Å². The molecule has 1 atom stereocenters. The highest BCUT2D eigenvalue weighted by Gasteiger charge is 2.23.